The quantitative estimate of drug-likeness (QED) is 0.152. The van der Waals surface area contributed by atoms with E-state index in [1.807, 2.05) is 0 Å². The number of furan rings is 1. The number of carbonyl (C=O) groups excluding carboxylic acids is 2. The van der Waals surface area contributed by atoms with E-state index in [4.69, 9.17) is 28.1 Å². The van der Waals surface area contributed by atoms with Gasteiger partial charge in [-0.2, -0.15) is 0 Å². The van der Waals surface area contributed by atoms with Crippen molar-refractivity contribution in [3.63, 3.8) is 0 Å². The number of methoxy groups -OCH3 is 3. The van der Waals surface area contributed by atoms with Crippen molar-refractivity contribution in [3.05, 3.63) is 109 Å². The topological polar surface area (TPSA) is 128 Å². The van der Waals surface area contributed by atoms with Gasteiger partial charge in [0.2, 0.25) is 5.76 Å². The predicted molar refractivity (Wildman–Crippen MR) is 156 cm³/mol. The SMILES string of the molecule is COCCOC(=O)C1=C(C)N=c2s/c(=C\c3ccc(OC)cc3OC)c(=O)n2C1c1ccc(OC(=O)c2ccco2)cc1. The summed E-state index contributed by atoms with van der Waals surface area (Å²) in [5.41, 5.74) is 1.52. The van der Waals surface area contributed by atoms with Crippen LogP contribution < -0.4 is 29.1 Å². The average Bonchev–Trinajstić information content (AvgIpc) is 3.66. The van der Waals surface area contributed by atoms with Crippen LogP contribution in [0.3, 0.4) is 0 Å². The van der Waals surface area contributed by atoms with Crippen LogP contribution in [0.4, 0.5) is 0 Å². The molecule has 0 amide bonds. The lowest BCUT2D eigenvalue weighted by Gasteiger charge is -2.25. The first-order chi connectivity index (χ1) is 20.8. The van der Waals surface area contributed by atoms with Crippen molar-refractivity contribution in [1.29, 1.82) is 0 Å². The zero-order valence-corrected chi connectivity index (χ0v) is 24.6. The summed E-state index contributed by atoms with van der Waals surface area (Å²) in [7, 11) is 4.60. The van der Waals surface area contributed by atoms with Crippen molar-refractivity contribution in [1.82, 2.24) is 4.57 Å². The van der Waals surface area contributed by atoms with E-state index in [-0.39, 0.29) is 35.9 Å². The number of carbonyl (C=O) groups is 2. The maximum absolute atomic E-state index is 13.9. The van der Waals surface area contributed by atoms with Gasteiger partial charge in [0.05, 0.1) is 48.9 Å². The van der Waals surface area contributed by atoms with Gasteiger partial charge in [0, 0.05) is 18.7 Å². The van der Waals surface area contributed by atoms with Crippen molar-refractivity contribution in [2.75, 3.05) is 34.5 Å². The number of hydrogen-bond donors (Lipinski definition) is 0. The standard InChI is InChI=1S/C31H28N2O9S/c1-18-26(30(36)41-15-14-37-2)27(19-7-10-21(11-8-19)42-29(35)23-6-5-13-40-23)33-28(34)25(43-31(33)32-18)16-20-9-12-22(38-3)17-24(20)39-4/h5-13,16-17,27H,14-15H2,1-4H3/b25-16-. The molecule has 222 valence electrons. The Hall–Kier alpha value is -4.94. The second kappa shape index (κ2) is 12.9. The summed E-state index contributed by atoms with van der Waals surface area (Å²) in [5, 5.41) is 0. The molecule has 0 bridgehead atoms. The third-order valence-electron chi connectivity index (χ3n) is 6.62. The third kappa shape index (κ3) is 6.15. The number of benzene rings is 2. The van der Waals surface area contributed by atoms with E-state index in [2.05, 4.69) is 4.99 Å². The Balaban J connectivity index is 1.59. The Bertz CT molecular complexity index is 1850. The molecule has 1 atom stereocenters. The van der Waals surface area contributed by atoms with Crippen LogP contribution in [0.1, 0.15) is 34.6 Å². The fraction of sp³-hybridized carbons (Fsp3) is 0.226. The Labute approximate surface area is 249 Å². The van der Waals surface area contributed by atoms with E-state index < -0.39 is 18.0 Å². The third-order valence-corrected chi connectivity index (χ3v) is 7.60. The van der Waals surface area contributed by atoms with Gasteiger partial charge in [-0.15, -0.1) is 0 Å². The van der Waals surface area contributed by atoms with Gasteiger partial charge >= 0.3 is 11.9 Å². The first-order valence-electron chi connectivity index (χ1n) is 13.1. The van der Waals surface area contributed by atoms with Crippen molar-refractivity contribution in [3.8, 4) is 17.2 Å². The van der Waals surface area contributed by atoms with Crippen LogP contribution in [0, 0.1) is 0 Å². The van der Waals surface area contributed by atoms with Gasteiger partial charge in [0.15, 0.2) is 4.80 Å². The molecular formula is C31H28N2O9S. The normalized spacial score (nSPS) is 14.6. The lowest BCUT2D eigenvalue weighted by Crippen LogP contribution is -2.40. The molecule has 4 aromatic rings. The van der Waals surface area contributed by atoms with Crippen LogP contribution in [0.15, 0.2) is 86.3 Å². The molecule has 11 nitrogen and oxygen atoms in total. The maximum atomic E-state index is 13.9. The number of aromatic nitrogens is 1. The minimum absolute atomic E-state index is 0.0299. The lowest BCUT2D eigenvalue weighted by atomic mass is 9.96. The summed E-state index contributed by atoms with van der Waals surface area (Å²) in [6, 6.07) is 14.0. The number of ether oxygens (including phenoxy) is 5. The van der Waals surface area contributed by atoms with Crippen molar-refractivity contribution in [2.45, 2.75) is 13.0 Å². The smallest absolute Gasteiger partial charge is 0.379 e. The van der Waals surface area contributed by atoms with Crippen molar-refractivity contribution >= 4 is 29.4 Å². The molecule has 0 saturated carbocycles. The Morgan fingerprint density at radius 3 is 2.44 bits per heavy atom. The fourth-order valence-electron chi connectivity index (χ4n) is 4.54. The molecule has 0 N–H and O–H groups in total. The van der Waals surface area contributed by atoms with Gasteiger partial charge in [-0.3, -0.25) is 9.36 Å². The zero-order valence-electron chi connectivity index (χ0n) is 23.8. The summed E-state index contributed by atoms with van der Waals surface area (Å²) in [6.07, 6.45) is 3.09. The van der Waals surface area contributed by atoms with E-state index >= 15 is 0 Å². The highest BCUT2D eigenvalue weighted by molar-refractivity contribution is 7.07. The van der Waals surface area contributed by atoms with Gasteiger partial charge in [0.25, 0.3) is 5.56 Å². The zero-order chi connectivity index (χ0) is 30.5. The molecular weight excluding hydrogens is 576 g/mol. The number of nitrogens with zero attached hydrogens (tertiary/aromatic N) is 2. The fourth-order valence-corrected chi connectivity index (χ4v) is 5.58. The van der Waals surface area contributed by atoms with Gasteiger partial charge in [-0.1, -0.05) is 23.5 Å². The van der Waals surface area contributed by atoms with Crippen LogP contribution in [0.5, 0.6) is 17.2 Å². The van der Waals surface area contributed by atoms with E-state index in [1.54, 1.807) is 68.6 Å². The minimum Gasteiger partial charge on any atom is -0.497 e. The average molecular weight is 605 g/mol. The number of esters is 2. The van der Waals surface area contributed by atoms with Gasteiger partial charge in [-0.05, 0) is 55.0 Å². The highest BCUT2D eigenvalue weighted by Gasteiger charge is 2.33. The Morgan fingerprint density at radius 2 is 1.77 bits per heavy atom. The molecule has 43 heavy (non-hydrogen) atoms. The van der Waals surface area contributed by atoms with E-state index in [9.17, 15) is 14.4 Å². The Kier molecular flexibility index (Phi) is 8.88. The molecule has 2 aromatic carbocycles. The largest absolute Gasteiger partial charge is 0.497 e. The molecule has 5 rings (SSSR count). The van der Waals surface area contributed by atoms with Crippen LogP contribution in [0.2, 0.25) is 0 Å². The van der Waals surface area contributed by atoms with Crippen LogP contribution >= 0.6 is 11.3 Å². The Morgan fingerprint density at radius 1 is 1.00 bits per heavy atom. The van der Waals surface area contributed by atoms with Gasteiger partial charge < -0.3 is 28.1 Å². The van der Waals surface area contributed by atoms with Crippen LogP contribution in [-0.2, 0) is 14.3 Å². The second-order valence-corrected chi connectivity index (χ2v) is 10.3. The molecule has 0 aliphatic carbocycles. The molecule has 1 aliphatic rings. The van der Waals surface area contributed by atoms with Crippen LogP contribution in [0.25, 0.3) is 6.08 Å². The molecule has 3 heterocycles. The highest BCUT2D eigenvalue weighted by atomic mass is 32.1. The number of allylic oxidation sites excluding steroid dienone is 1. The summed E-state index contributed by atoms with van der Waals surface area (Å²) >= 11 is 1.19. The number of rotatable bonds is 10. The second-order valence-electron chi connectivity index (χ2n) is 9.25. The lowest BCUT2D eigenvalue weighted by molar-refractivity contribution is -0.140. The van der Waals surface area contributed by atoms with Crippen molar-refractivity contribution < 1.29 is 37.7 Å². The van der Waals surface area contributed by atoms with E-state index in [0.717, 1.165) is 0 Å². The molecule has 2 aromatic heterocycles. The van der Waals surface area contributed by atoms with E-state index in [0.29, 0.717) is 37.7 Å². The summed E-state index contributed by atoms with van der Waals surface area (Å²) in [5.74, 6) is 0.181. The van der Waals surface area contributed by atoms with Gasteiger partial charge in [0.1, 0.15) is 23.9 Å². The monoisotopic (exact) mass is 604 g/mol. The van der Waals surface area contributed by atoms with Gasteiger partial charge in [-0.25, -0.2) is 14.6 Å². The molecule has 0 fully saturated rings. The summed E-state index contributed by atoms with van der Waals surface area (Å²) in [4.78, 5) is 44.7. The molecule has 0 radical (unpaired) electrons. The van der Waals surface area contributed by atoms with Crippen molar-refractivity contribution in [2.24, 2.45) is 4.99 Å². The summed E-state index contributed by atoms with van der Waals surface area (Å²) < 4.78 is 33.6. The first-order valence-corrected chi connectivity index (χ1v) is 13.9. The van der Waals surface area contributed by atoms with Crippen LogP contribution in [-0.4, -0.2) is 51.0 Å². The number of thiazole rings is 1. The predicted octanol–water partition coefficient (Wildman–Crippen LogP) is 3.25. The molecule has 1 unspecified atom stereocenters. The minimum atomic E-state index is -0.860. The highest BCUT2D eigenvalue weighted by Crippen LogP contribution is 2.32. The molecule has 12 heteroatoms. The first kappa shape index (κ1) is 29.5. The van der Waals surface area contributed by atoms with E-state index in [1.165, 1.54) is 42.5 Å². The summed E-state index contributed by atoms with van der Waals surface area (Å²) in [6.45, 7) is 1.94. The molecule has 0 spiro atoms. The number of hydrogen-bond acceptors (Lipinski definition) is 11. The molecule has 1 aliphatic heterocycles. The number of fused-ring (bicyclic) bond motifs is 1. The maximum Gasteiger partial charge on any atom is 0.379 e. The molecule has 0 saturated heterocycles.